The number of benzene rings is 3. The molecule has 1 aliphatic carbocycles. The first kappa shape index (κ1) is 16.2. The lowest BCUT2D eigenvalue weighted by Crippen LogP contribution is -2.29. The average molecular weight is 357 g/mol. The Hall–Kier alpha value is -2.94. The van der Waals surface area contributed by atoms with Gasteiger partial charge in [-0.2, -0.15) is 0 Å². The van der Waals surface area contributed by atoms with Gasteiger partial charge in [-0.1, -0.05) is 49.4 Å². The molecule has 1 N–H and O–H groups in total. The Morgan fingerprint density at radius 2 is 1.74 bits per heavy atom. The number of ketones is 1. The van der Waals surface area contributed by atoms with Gasteiger partial charge in [-0.05, 0) is 52.4 Å². The molecule has 0 amide bonds. The molecule has 3 heteroatoms. The molecule has 2 aliphatic rings. The van der Waals surface area contributed by atoms with E-state index in [-0.39, 0.29) is 17.6 Å². The number of hydrogen-bond donors (Lipinski definition) is 1. The number of Topliss-reactive ketones (excluding diaryl/α,β-unsaturated/α-hetero) is 1. The summed E-state index contributed by atoms with van der Waals surface area (Å²) in [6, 6.07) is 18.8. The molecule has 0 fully saturated rings. The van der Waals surface area contributed by atoms with Crippen molar-refractivity contribution in [1.82, 2.24) is 0 Å². The molecule has 0 radical (unpaired) electrons. The molecule has 27 heavy (non-hydrogen) atoms. The second-order valence-electron chi connectivity index (χ2n) is 7.67. The monoisotopic (exact) mass is 357 g/mol. The molecule has 3 aromatic rings. The van der Waals surface area contributed by atoms with Crippen molar-refractivity contribution < 1.29 is 9.18 Å². The summed E-state index contributed by atoms with van der Waals surface area (Å²) in [5, 5.41) is 5.92. The lowest BCUT2D eigenvalue weighted by molar-refractivity contribution is -0.116. The first-order chi connectivity index (χ1) is 13.1. The van der Waals surface area contributed by atoms with Crippen molar-refractivity contribution in [3.05, 3.63) is 83.2 Å². The predicted octanol–water partition coefficient (Wildman–Crippen LogP) is 5.90. The summed E-state index contributed by atoms with van der Waals surface area (Å²) < 4.78 is 13.4. The van der Waals surface area contributed by atoms with Gasteiger partial charge in [0.15, 0.2) is 5.78 Å². The molecule has 0 unspecified atom stereocenters. The first-order valence-electron chi connectivity index (χ1n) is 9.42. The third-order valence-electron chi connectivity index (χ3n) is 5.73. The van der Waals surface area contributed by atoms with Crippen LogP contribution in [0.5, 0.6) is 0 Å². The molecule has 3 aromatic carbocycles. The summed E-state index contributed by atoms with van der Waals surface area (Å²) in [4.78, 5) is 13.1. The van der Waals surface area contributed by atoms with Crippen LogP contribution in [0.2, 0.25) is 0 Å². The van der Waals surface area contributed by atoms with E-state index in [4.69, 9.17) is 0 Å². The topological polar surface area (TPSA) is 29.1 Å². The van der Waals surface area contributed by atoms with Crippen LogP contribution in [-0.2, 0) is 4.79 Å². The number of rotatable bonds is 1. The second kappa shape index (κ2) is 6.05. The number of allylic oxidation sites excluding steroid dienone is 1. The zero-order valence-corrected chi connectivity index (χ0v) is 15.1. The Balaban J connectivity index is 1.78. The van der Waals surface area contributed by atoms with Crippen molar-refractivity contribution in [2.75, 3.05) is 5.32 Å². The summed E-state index contributed by atoms with van der Waals surface area (Å²) in [5.41, 5.74) is 5.12. The van der Waals surface area contributed by atoms with Gasteiger partial charge in [0.25, 0.3) is 0 Å². The Kier molecular flexibility index (Phi) is 3.64. The Morgan fingerprint density at radius 1 is 0.963 bits per heavy atom. The minimum Gasteiger partial charge on any atom is -0.373 e. The largest absolute Gasteiger partial charge is 0.373 e. The van der Waals surface area contributed by atoms with Gasteiger partial charge in [0, 0.05) is 23.2 Å². The maximum Gasteiger partial charge on any atom is 0.161 e. The van der Waals surface area contributed by atoms with Gasteiger partial charge in [0.1, 0.15) is 5.82 Å². The van der Waals surface area contributed by atoms with Crippen LogP contribution in [-0.4, -0.2) is 5.78 Å². The van der Waals surface area contributed by atoms with E-state index in [0.29, 0.717) is 12.3 Å². The highest BCUT2D eigenvalue weighted by Gasteiger charge is 2.36. The van der Waals surface area contributed by atoms with Crippen molar-refractivity contribution in [3.8, 4) is 0 Å². The second-order valence-corrected chi connectivity index (χ2v) is 7.67. The Labute approximate surface area is 157 Å². The maximum atomic E-state index is 13.4. The van der Waals surface area contributed by atoms with Gasteiger partial charge in [-0.25, -0.2) is 4.39 Å². The van der Waals surface area contributed by atoms with Crippen LogP contribution in [0.4, 0.5) is 10.1 Å². The van der Waals surface area contributed by atoms with E-state index in [1.54, 1.807) is 12.1 Å². The summed E-state index contributed by atoms with van der Waals surface area (Å²) in [5.74, 6) is 0.262. The third-order valence-corrected chi connectivity index (χ3v) is 5.73. The van der Waals surface area contributed by atoms with E-state index in [1.165, 1.54) is 22.9 Å². The zero-order valence-electron chi connectivity index (χ0n) is 15.1. The molecule has 2 atom stereocenters. The molecule has 0 spiro atoms. The highest BCUT2D eigenvalue weighted by molar-refractivity contribution is 6.12. The van der Waals surface area contributed by atoms with Gasteiger partial charge in [-0.3, -0.25) is 4.79 Å². The number of fused-ring (bicyclic) bond motifs is 4. The quantitative estimate of drug-likeness (QED) is 0.587. The SMILES string of the molecule is C[C@@H]1CC(=O)C2=C(C1)c1c(ccc3ccccc13)N[C@@H]2c1ccc(F)cc1. The van der Waals surface area contributed by atoms with Crippen molar-refractivity contribution in [3.63, 3.8) is 0 Å². The Bertz CT molecular complexity index is 1100. The minimum atomic E-state index is -0.265. The maximum absolute atomic E-state index is 13.4. The van der Waals surface area contributed by atoms with Crippen LogP contribution >= 0.6 is 0 Å². The first-order valence-corrected chi connectivity index (χ1v) is 9.42. The van der Waals surface area contributed by atoms with E-state index in [0.717, 1.165) is 34.4 Å². The third kappa shape index (κ3) is 2.57. The Morgan fingerprint density at radius 3 is 2.56 bits per heavy atom. The standard InChI is InChI=1S/C24H20FNO/c1-14-12-19-22-18-5-3-2-4-15(18)8-11-20(22)26-24(23(19)21(27)13-14)16-6-9-17(25)10-7-16/h2-11,14,24,26H,12-13H2,1H3/t14-,24+/m0/s1. The molecule has 2 nitrogen and oxygen atoms in total. The molecule has 0 saturated heterocycles. The van der Waals surface area contributed by atoms with Crippen molar-refractivity contribution in [1.29, 1.82) is 0 Å². The molecule has 0 aromatic heterocycles. The van der Waals surface area contributed by atoms with Crippen molar-refractivity contribution in [2.45, 2.75) is 25.8 Å². The fraction of sp³-hybridized carbons (Fsp3) is 0.208. The highest BCUT2D eigenvalue weighted by atomic mass is 19.1. The summed E-state index contributed by atoms with van der Waals surface area (Å²) >= 11 is 0. The fourth-order valence-corrected chi connectivity index (χ4v) is 4.55. The number of carbonyl (C=O) groups is 1. The van der Waals surface area contributed by atoms with Gasteiger partial charge in [0.05, 0.1) is 6.04 Å². The van der Waals surface area contributed by atoms with Crippen LogP contribution in [0.15, 0.2) is 66.2 Å². The van der Waals surface area contributed by atoms with E-state index in [2.05, 4.69) is 36.5 Å². The highest BCUT2D eigenvalue weighted by Crippen LogP contribution is 2.48. The van der Waals surface area contributed by atoms with Gasteiger partial charge < -0.3 is 5.32 Å². The van der Waals surface area contributed by atoms with Crippen LogP contribution < -0.4 is 5.32 Å². The summed E-state index contributed by atoms with van der Waals surface area (Å²) in [6.45, 7) is 2.14. The number of nitrogens with one attached hydrogen (secondary N) is 1. The number of anilines is 1. The average Bonchev–Trinajstić information content (AvgIpc) is 2.67. The van der Waals surface area contributed by atoms with E-state index in [9.17, 15) is 9.18 Å². The molecule has 1 aliphatic heterocycles. The van der Waals surface area contributed by atoms with E-state index in [1.807, 2.05) is 12.1 Å². The van der Waals surface area contributed by atoms with Crippen LogP contribution in [0, 0.1) is 11.7 Å². The summed E-state index contributed by atoms with van der Waals surface area (Å²) in [7, 11) is 0. The lowest BCUT2D eigenvalue weighted by Gasteiger charge is -2.36. The van der Waals surface area contributed by atoms with Gasteiger partial charge in [-0.15, -0.1) is 0 Å². The van der Waals surface area contributed by atoms with Crippen LogP contribution in [0.1, 0.15) is 36.9 Å². The normalized spacial score (nSPS) is 21.6. The minimum absolute atomic E-state index is 0.198. The predicted molar refractivity (Wildman–Crippen MR) is 107 cm³/mol. The van der Waals surface area contributed by atoms with Crippen molar-refractivity contribution >= 4 is 27.8 Å². The van der Waals surface area contributed by atoms with E-state index >= 15 is 0 Å². The molecular weight excluding hydrogens is 337 g/mol. The van der Waals surface area contributed by atoms with Crippen molar-refractivity contribution in [2.24, 2.45) is 5.92 Å². The summed E-state index contributed by atoms with van der Waals surface area (Å²) in [6.07, 6.45) is 1.46. The number of halogens is 1. The zero-order chi connectivity index (χ0) is 18.5. The molecule has 1 heterocycles. The van der Waals surface area contributed by atoms with Crippen LogP contribution in [0.3, 0.4) is 0 Å². The molecule has 134 valence electrons. The van der Waals surface area contributed by atoms with E-state index < -0.39 is 0 Å². The number of carbonyl (C=O) groups excluding carboxylic acids is 1. The lowest BCUT2D eigenvalue weighted by atomic mass is 9.74. The van der Waals surface area contributed by atoms with Gasteiger partial charge >= 0.3 is 0 Å². The van der Waals surface area contributed by atoms with Crippen LogP contribution in [0.25, 0.3) is 16.3 Å². The number of hydrogen-bond acceptors (Lipinski definition) is 2. The molecule has 0 saturated carbocycles. The fourth-order valence-electron chi connectivity index (χ4n) is 4.55. The molecular formula is C24H20FNO. The smallest absolute Gasteiger partial charge is 0.161 e. The molecule has 0 bridgehead atoms. The van der Waals surface area contributed by atoms with Gasteiger partial charge in [0.2, 0.25) is 0 Å². The molecule has 5 rings (SSSR count).